The van der Waals surface area contributed by atoms with Gasteiger partial charge in [0.05, 0.1) is 26.3 Å². The fourth-order valence-corrected chi connectivity index (χ4v) is 3.86. The molecular formula is C23H23FN2O4. The molecule has 1 atom stereocenters. The molecule has 30 heavy (non-hydrogen) atoms. The van der Waals surface area contributed by atoms with E-state index < -0.39 is 0 Å². The predicted molar refractivity (Wildman–Crippen MR) is 110 cm³/mol. The van der Waals surface area contributed by atoms with Crippen molar-refractivity contribution in [3.63, 3.8) is 0 Å². The normalized spacial score (nSPS) is 15.6. The van der Waals surface area contributed by atoms with Crippen LogP contribution >= 0.6 is 0 Å². The molecule has 156 valence electrons. The molecule has 0 fully saturated rings. The van der Waals surface area contributed by atoms with Gasteiger partial charge in [0.1, 0.15) is 5.82 Å². The van der Waals surface area contributed by atoms with Crippen molar-refractivity contribution in [3.05, 3.63) is 59.5 Å². The van der Waals surface area contributed by atoms with Crippen molar-refractivity contribution >= 4 is 11.6 Å². The molecule has 1 amide bonds. The quantitative estimate of drug-likeness (QED) is 0.624. The first-order chi connectivity index (χ1) is 14.5. The molecule has 2 heterocycles. The maximum absolute atomic E-state index is 13.6. The third kappa shape index (κ3) is 3.75. The summed E-state index contributed by atoms with van der Waals surface area (Å²) in [7, 11) is 3.14. The Labute approximate surface area is 174 Å². The van der Waals surface area contributed by atoms with Crippen molar-refractivity contribution in [1.29, 1.82) is 0 Å². The van der Waals surface area contributed by atoms with E-state index in [1.807, 2.05) is 13.0 Å². The van der Waals surface area contributed by atoms with E-state index in [9.17, 15) is 9.18 Å². The molecule has 7 heteroatoms. The summed E-state index contributed by atoms with van der Waals surface area (Å²) < 4.78 is 29.6. The van der Waals surface area contributed by atoms with Crippen molar-refractivity contribution in [2.75, 3.05) is 19.1 Å². The number of amides is 1. The smallest absolute Gasteiger partial charge is 0.233 e. The number of ether oxygens (including phenoxy) is 2. The second-order valence-electron chi connectivity index (χ2n) is 7.35. The molecule has 0 spiro atoms. The lowest BCUT2D eigenvalue weighted by Crippen LogP contribution is -2.43. The van der Waals surface area contributed by atoms with Gasteiger partial charge in [0.2, 0.25) is 5.91 Å². The number of anilines is 1. The summed E-state index contributed by atoms with van der Waals surface area (Å²) in [5, 5.41) is 4.07. The molecule has 2 aromatic carbocycles. The van der Waals surface area contributed by atoms with E-state index in [2.05, 4.69) is 5.16 Å². The number of aromatic nitrogens is 1. The largest absolute Gasteiger partial charge is 0.493 e. The van der Waals surface area contributed by atoms with Crippen molar-refractivity contribution < 1.29 is 23.2 Å². The second kappa shape index (κ2) is 8.18. The van der Waals surface area contributed by atoms with Gasteiger partial charge in [-0.25, -0.2) is 4.39 Å². The van der Waals surface area contributed by atoms with Gasteiger partial charge in [-0.1, -0.05) is 5.16 Å². The van der Waals surface area contributed by atoms with Crippen LogP contribution in [0.15, 0.2) is 47.0 Å². The fraction of sp³-hybridized carbons (Fsp3) is 0.304. The molecule has 3 aromatic rings. The Morgan fingerprint density at radius 2 is 1.97 bits per heavy atom. The molecule has 4 rings (SSSR count). The van der Waals surface area contributed by atoms with Crippen molar-refractivity contribution in [3.8, 4) is 22.8 Å². The van der Waals surface area contributed by atoms with Gasteiger partial charge in [-0.15, -0.1) is 0 Å². The summed E-state index contributed by atoms with van der Waals surface area (Å²) in [6.45, 7) is 2.00. The van der Waals surface area contributed by atoms with Crippen LogP contribution in [-0.2, 0) is 17.6 Å². The lowest BCUT2D eigenvalue weighted by molar-refractivity contribution is -0.118. The monoisotopic (exact) mass is 410 g/mol. The topological polar surface area (TPSA) is 64.8 Å². The van der Waals surface area contributed by atoms with Crippen LogP contribution in [0.2, 0.25) is 0 Å². The van der Waals surface area contributed by atoms with Crippen LogP contribution in [-0.4, -0.2) is 31.3 Å². The zero-order valence-corrected chi connectivity index (χ0v) is 17.1. The third-order valence-electron chi connectivity index (χ3n) is 5.40. The number of carbonyl (C=O) groups is 1. The molecule has 0 saturated heterocycles. The number of benzene rings is 2. The maximum atomic E-state index is 13.6. The van der Waals surface area contributed by atoms with Crippen LogP contribution < -0.4 is 14.4 Å². The Balaban J connectivity index is 1.55. The zero-order chi connectivity index (χ0) is 21.3. The van der Waals surface area contributed by atoms with E-state index >= 15 is 0 Å². The highest BCUT2D eigenvalue weighted by Crippen LogP contribution is 2.34. The van der Waals surface area contributed by atoms with Gasteiger partial charge in [-0.3, -0.25) is 4.79 Å². The van der Waals surface area contributed by atoms with Gasteiger partial charge in [0, 0.05) is 23.4 Å². The van der Waals surface area contributed by atoms with Crippen LogP contribution in [0.3, 0.4) is 0 Å². The van der Waals surface area contributed by atoms with E-state index in [-0.39, 0.29) is 24.2 Å². The minimum atomic E-state index is -0.285. The highest BCUT2D eigenvalue weighted by Gasteiger charge is 2.29. The van der Waals surface area contributed by atoms with Gasteiger partial charge in [-0.05, 0) is 61.7 Å². The number of hydrogen-bond acceptors (Lipinski definition) is 5. The zero-order valence-electron chi connectivity index (χ0n) is 17.1. The van der Waals surface area contributed by atoms with Gasteiger partial charge >= 0.3 is 0 Å². The summed E-state index contributed by atoms with van der Waals surface area (Å²) in [6.07, 6.45) is 1.64. The predicted octanol–water partition coefficient (Wildman–Crippen LogP) is 4.41. The average Bonchev–Trinajstić information content (AvgIpc) is 3.21. The minimum Gasteiger partial charge on any atom is -0.493 e. The summed E-state index contributed by atoms with van der Waals surface area (Å²) in [5.74, 6) is 1.35. The van der Waals surface area contributed by atoms with Crippen LogP contribution in [0.4, 0.5) is 10.1 Å². The van der Waals surface area contributed by atoms with Gasteiger partial charge in [-0.2, -0.15) is 0 Å². The molecule has 1 aliphatic heterocycles. The molecule has 0 bridgehead atoms. The number of halogens is 1. The van der Waals surface area contributed by atoms with E-state index in [1.165, 1.54) is 12.1 Å². The number of aryl methyl sites for hydroxylation is 1. The standard InChI is InChI=1S/C23H23FN2O4/c1-14-4-5-15-10-17(24)7-8-19(15)26(14)23(27)13-18-12-21(30-25-18)16-6-9-20(28-2)22(11-16)29-3/h6-12,14H,4-5,13H2,1-3H3. The first-order valence-corrected chi connectivity index (χ1v) is 9.78. The van der Waals surface area contributed by atoms with E-state index in [1.54, 1.807) is 43.4 Å². The number of rotatable bonds is 5. The molecule has 6 nitrogen and oxygen atoms in total. The van der Waals surface area contributed by atoms with Crippen LogP contribution in [0, 0.1) is 5.82 Å². The van der Waals surface area contributed by atoms with Crippen LogP contribution in [0.1, 0.15) is 24.6 Å². The Morgan fingerprint density at radius 3 is 2.73 bits per heavy atom. The van der Waals surface area contributed by atoms with Crippen LogP contribution in [0.25, 0.3) is 11.3 Å². The van der Waals surface area contributed by atoms with Crippen molar-refractivity contribution in [1.82, 2.24) is 5.16 Å². The van der Waals surface area contributed by atoms with E-state index in [0.717, 1.165) is 29.7 Å². The van der Waals surface area contributed by atoms with Crippen LogP contribution in [0.5, 0.6) is 11.5 Å². The lowest BCUT2D eigenvalue weighted by Gasteiger charge is -2.35. The Morgan fingerprint density at radius 1 is 1.17 bits per heavy atom. The highest BCUT2D eigenvalue weighted by atomic mass is 19.1. The molecular weight excluding hydrogens is 387 g/mol. The van der Waals surface area contributed by atoms with E-state index in [4.69, 9.17) is 14.0 Å². The Hall–Kier alpha value is -3.35. The minimum absolute atomic E-state index is 0.0349. The van der Waals surface area contributed by atoms with Gasteiger partial charge in [0.15, 0.2) is 17.3 Å². The molecule has 1 aromatic heterocycles. The Kier molecular flexibility index (Phi) is 5.44. The molecule has 0 radical (unpaired) electrons. The Bertz CT molecular complexity index is 1080. The van der Waals surface area contributed by atoms with Gasteiger partial charge < -0.3 is 18.9 Å². The first-order valence-electron chi connectivity index (χ1n) is 9.78. The summed E-state index contributed by atoms with van der Waals surface area (Å²) in [4.78, 5) is 14.8. The molecule has 1 unspecified atom stereocenters. The average molecular weight is 410 g/mol. The second-order valence-corrected chi connectivity index (χ2v) is 7.35. The number of nitrogens with zero attached hydrogens (tertiary/aromatic N) is 2. The van der Waals surface area contributed by atoms with Gasteiger partial charge in [0.25, 0.3) is 0 Å². The fourth-order valence-electron chi connectivity index (χ4n) is 3.86. The molecule has 1 aliphatic rings. The van der Waals surface area contributed by atoms with E-state index in [0.29, 0.717) is 23.0 Å². The number of methoxy groups -OCH3 is 2. The summed E-state index contributed by atoms with van der Waals surface area (Å²) in [6, 6.07) is 11.8. The molecule has 0 aliphatic carbocycles. The van der Waals surface area contributed by atoms with Crippen molar-refractivity contribution in [2.24, 2.45) is 0 Å². The maximum Gasteiger partial charge on any atom is 0.233 e. The lowest BCUT2D eigenvalue weighted by atomic mass is 9.96. The molecule has 0 N–H and O–H groups in total. The third-order valence-corrected chi connectivity index (χ3v) is 5.40. The number of hydrogen-bond donors (Lipinski definition) is 0. The summed E-state index contributed by atoms with van der Waals surface area (Å²) in [5.41, 5.74) is 2.92. The highest BCUT2D eigenvalue weighted by molar-refractivity contribution is 5.96. The summed E-state index contributed by atoms with van der Waals surface area (Å²) >= 11 is 0. The number of fused-ring (bicyclic) bond motifs is 1. The molecule has 0 saturated carbocycles. The SMILES string of the molecule is COc1ccc(-c2cc(CC(=O)N3c4ccc(F)cc4CCC3C)no2)cc1OC. The number of carbonyl (C=O) groups excluding carboxylic acids is 1. The van der Waals surface area contributed by atoms with Crippen molar-refractivity contribution in [2.45, 2.75) is 32.2 Å². The first kappa shape index (κ1) is 19.9.